The molecule has 0 saturated carbocycles. The quantitative estimate of drug-likeness (QED) is 0.708. The van der Waals surface area contributed by atoms with Gasteiger partial charge in [0.2, 0.25) is 11.8 Å². The second-order valence-electron chi connectivity index (χ2n) is 4.14. The third-order valence-corrected chi connectivity index (χ3v) is 2.90. The fourth-order valence-corrected chi connectivity index (χ4v) is 1.73. The molecule has 4 nitrogen and oxygen atoms in total. The first-order chi connectivity index (χ1) is 7.53. The van der Waals surface area contributed by atoms with Crippen LogP contribution in [0.5, 0.6) is 0 Å². The summed E-state index contributed by atoms with van der Waals surface area (Å²) < 4.78 is 0. The second kappa shape index (κ2) is 5.02. The Morgan fingerprint density at radius 2 is 2.19 bits per heavy atom. The van der Waals surface area contributed by atoms with E-state index in [-0.39, 0.29) is 18.4 Å². The third-order valence-electron chi connectivity index (χ3n) is 2.90. The number of piperazine rings is 1. The van der Waals surface area contributed by atoms with Crippen LogP contribution in [0.3, 0.4) is 0 Å². The van der Waals surface area contributed by atoms with E-state index in [0.717, 1.165) is 0 Å². The summed E-state index contributed by atoms with van der Waals surface area (Å²) in [5, 5.41) is 2.75. The van der Waals surface area contributed by atoms with Crippen molar-refractivity contribution in [3.8, 4) is 11.8 Å². The van der Waals surface area contributed by atoms with E-state index in [1.165, 1.54) is 0 Å². The van der Waals surface area contributed by atoms with Crippen molar-refractivity contribution in [1.82, 2.24) is 10.2 Å². The van der Waals surface area contributed by atoms with Gasteiger partial charge >= 0.3 is 0 Å². The van der Waals surface area contributed by atoms with Crippen LogP contribution in [0, 0.1) is 11.8 Å². The van der Waals surface area contributed by atoms with E-state index in [0.29, 0.717) is 19.4 Å². The molecule has 1 unspecified atom stereocenters. The molecule has 4 heteroatoms. The molecule has 16 heavy (non-hydrogen) atoms. The summed E-state index contributed by atoms with van der Waals surface area (Å²) in [5.41, 5.74) is -0.741. The van der Waals surface area contributed by atoms with E-state index >= 15 is 0 Å². The van der Waals surface area contributed by atoms with Crippen LogP contribution in [0.1, 0.15) is 33.6 Å². The Bertz CT molecular complexity index is 354. The summed E-state index contributed by atoms with van der Waals surface area (Å²) in [4.78, 5) is 25.2. The normalized spacial score (nSPS) is 24.8. The maximum Gasteiger partial charge on any atom is 0.248 e. The first kappa shape index (κ1) is 12.6. The van der Waals surface area contributed by atoms with Gasteiger partial charge in [-0.25, -0.2) is 0 Å². The molecule has 0 aromatic rings. The number of nitrogens with zero attached hydrogens (tertiary/aromatic N) is 1. The maximum absolute atomic E-state index is 12.1. The predicted octanol–water partition coefficient (Wildman–Crippen LogP) is 0.527. The van der Waals surface area contributed by atoms with Crippen LogP contribution in [0.2, 0.25) is 0 Å². The number of nitrogens with one attached hydrogen (secondary N) is 1. The number of amides is 2. The van der Waals surface area contributed by atoms with Crippen LogP contribution in [-0.2, 0) is 9.59 Å². The van der Waals surface area contributed by atoms with Gasteiger partial charge in [-0.3, -0.25) is 9.59 Å². The van der Waals surface area contributed by atoms with E-state index in [1.807, 2.05) is 6.92 Å². The molecule has 0 aromatic carbocycles. The lowest BCUT2D eigenvalue weighted by molar-refractivity contribution is -0.149. The van der Waals surface area contributed by atoms with Gasteiger partial charge in [0.25, 0.3) is 0 Å². The summed E-state index contributed by atoms with van der Waals surface area (Å²) in [5.74, 6) is 5.58. The molecule has 1 heterocycles. The van der Waals surface area contributed by atoms with Crippen LogP contribution in [0.4, 0.5) is 0 Å². The Morgan fingerprint density at radius 3 is 2.75 bits per heavy atom. The van der Waals surface area contributed by atoms with E-state index < -0.39 is 5.54 Å². The summed E-state index contributed by atoms with van der Waals surface area (Å²) in [7, 11) is 0. The van der Waals surface area contributed by atoms with Crippen molar-refractivity contribution in [2.45, 2.75) is 39.2 Å². The molecule has 2 amide bonds. The molecule has 0 radical (unpaired) electrons. The zero-order chi connectivity index (χ0) is 12.2. The fraction of sp³-hybridized carbons (Fsp3) is 0.667. The highest BCUT2D eigenvalue weighted by atomic mass is 16.2. The number of carbonyl (C=O) groups is 2. The topological polar surface area (TPSA) is 49.4 Å². The Hall–Kier alpha value is -1.50. The van der Waals surface area contributed by atoms with Crippen molar-refractivity contribution < 1.29 is 9.59 Å². The van der Waals surface area contributed by atoms with Gasteiger partial charge in [-0.05, 0) is 20.3 Å². The average molecular weight is 222 g/mol. The number of rotatable bonds is 3. The van der Waals surface area contributed by atoms with E-state index in [1.54, 1.807) is 18.7 Å². The summed E-state index contributed by atoms with van der Waals surface area (Å²) in [6.07, 6.45) is 1.23. The van der Waals surface area contributed by atoms with Crippen molar-refractivity contribution in [2.24, 2.45) is 0 Å². The van der Waals surface area contributed by atoms with E-state index in [9.17, 15) is 9.59 Å². The molecular formula is C12H18N2O2. The van der Waals surface area contributed by atoms with Crippen molar-refractivity contribution in [3.05, 3.63) is 0 Å². The molecule has 0 spiro atoms. The van der Waals surface area contributed by atoms with Gasteiger partial charge in [0.1, 0.15) is 5.54 Å². The van der Waals surface area contributed by atoms with Gasteiger partial charge in [-0.15, -0.1) is 11.8 Å². The van der Waals surface area contributed by atoms with Gasteiger partial charge in [0, 0.05) is 13.0 Å². The molecule has 1 fully saturated rings. The Labute approximate surface area is 96.4 Å². The summed E-state index contributed by atoms with van der Waals surface area (Å²) in [6, 6.07) is 0. The molecule has 0 bridgehead atoms. The molecule has 1 N–H and O–H groups in total. The zero-order valence-electron chi connectivity index (χ0n) is 10.1. The molecule has 1 atom stereocenters. The predicted molar refractivity (Wildman–Crippen MR) is 61.5 cm³/mol. The van der Waals surface area contributed by atoms with Crippen LogP contribution >= 0.6 is 0 Å². The molecule has 0 aliphatic carbocycles. The van der Waals surface area contributed by atoms with Crippen LogP contribution in [0.15, 0.2) is 0 Å². The van der Waals surface area contributed by atoms with Crippen LogP contribution in [0.25, 0.3) is 0 Å². The number of hydrogen-bond donors (Lipinski definition) is 1. The molecule has 88 valence electrons. The van der Waals surface area contributed by atoms with Gasteiger partial charge in [0.15, 0.2) is 0 Å². The SMILES string of the molecule is CC#CCCN1CC(=O)NC(C)(CC)C1=O. The molecular weight excluding hydrogens is 204 g/mol. The maximum atomic E-state index is 12.1. The lowest BCUT2D eigenvalue weighted by Crippen LogP contribution is -2.65. The molecule has 1 saturated heterocycles. The van der Waals surface area contributed by atoms with Crippen molar-refractivity contribution >= 4 is 11.8 Å². The Balaban J connectivity index is 2.72. The van der Waals surface area contributed by atoms with E-state index in [2.05, 4.69) is 17.2 Å². The minimum absolute atomic E-state index is 0.00694. The molecule has 1 aliphatic rings. The summed E-state index contributed by atoms with van der Waals surface area (Å²) in [6.45, 7) is 6.11. The highest BCUT2D eigenvalue weighted by Gasteiger charge is 2.40. The van der Waals surface area contributed by atoms with Crippen LogP contribution < -0.4 is 5.32 Å². The summed E-state index contributed by atoms with van der Waals surface area (Å²) >= 11 is 0. The zero-order valence-corrected chi connectivity index (χ0v) is 10.1. The third kappa shape index (κ3) is 2.54. The van der Waals surface area contributed by atoms with Crippen molar-refractivity contribution in [3.63, 3.8) is 0 Å². The van der Waals surface area contributed by atoms with Gasteiger partial charge in [0.05, 0.1) is 6.54 Å². The molecule has 1 aliphatic heterocycles. The highest BCUT2D eigenvalue weighted by Crippen LogP contribution is 2.17. The lowest BCUT2D eigenvalue weighted by atomic mass is 9.94. The van der Waals surface area contributed by atoms with Gasteiger partial charge < -0.3 is 10.2 Å². The van der Waals surface area contributed by atoms with Crippen molar-refractivity contribution in [1.29, 1.82) is 0 Å². The molecule has 0 aromatic heterocycles. The van der Waals surface area contributed by atoms with Crippen molar-refractivity contribution in [2.75, 3.05) is 13.1 Å². The smallest absolute Gasteiger partial charge is 0.248 e. The standard InChI is InChI=1S/C12H18N2O2/c1-4-6-7-8-14-9-10(15)13-12(3,5-2)11(14)16/h5,7-9H2,1-3H3,(H,13,15). The number of carbonyl (C=O) groups excluding carboxylic acids is 2. The highest BCUT2D eigenvalue weighted by molar-refractivity contribution is 5.97. The second-order valence-corrected chi connectivity index (χ2v) is 4.14. The monoisotopic (exact) mass is 222 g/mol. The van der Waals surface area contributed by atoms with E-state index in [4.69, 9.17) is 0 Å². The molecule has 1 rings (SSSR count). The fourth-order valence-electron chi connectivity index (χ4n) is 1.73. The Kier molecular flexibility index (Phi) is 3.94. The van der Waals surface area contributed by atoms with Gasteiger partial charge in [-0.1, -0.05) is 6.92 Å². The minimum Gasteiger partial charge on any atom is -0.340 e. The first-order valence-corrected chi connectivity index (χ1v) is 5.53. The minimum atomic E-state index is -0.741. The Morgan fingerprint density at radius 1 is 1.50 bits per heavy atom. The number of hydrogen-bond acceptors (Lipinski definition) is 2. The van der Waals surface area contributed by atoms with Crippen LogP contribution in [-0.4, -0.2) is 35.3 Å². The van der Waals surface area contributed by atoms with Gasteiger partial charge in [-0.2, -0.15) is 0 Å². The largest absolute Gasteiger partial charge is 0.340 e. The average Bonchev–Trinajstić information content (AvgIpc) is 2.25. The lowest BCUT2D eigenvalue weighted by Gasteiger charge is -2.39. The first-order valence-electron chi connectivity index (χ1n) is 5.53.